The maximum Gasteiger partial charge on any atom is 0.148 e. The largest absolute Gasteiger partial charge is 0.353 e. The van der Waals surface area contributed by atoms with E-state index in [0.29, 0.717) is 17.1 Å². The van der Waals surface area contributed by atoms with Gasteiger partial charge in [-0.1, -0.05) is 38.3 Å². The standard InChI is InChI=1S/C14H21BrClN3/c1-10(2)7-8-19(11-5-3-4-6-11)14-12(15)13(16)17-9-18-14/h9-11H,3-8H2,1-2H3. The second kappa shape index (κ2) is 6.89. The molecule has 1 aromatic rings. The summed E-state index contributed by atoms with van der Waals surface area (Å²) in [6, 6.07) is 0.598. The Kier molecular flexibility index (Phi) is 5.46. The van der Waals surface area contributed by atoms with Crippen LogP contribution in [-0.4, -0.2) is 22.6 Å². The van der Waals surface area contributed by atoms with Crippen molar-refractivity contribution in [3.8, 4) is 0 Å². The number of nitrogens with zero attached hydrogens (tertiary/aromatic N) is 3. The van der Waals surface area contributed by atoms with Crippen LogP contribution in [0, 0.1) is 5.92 Å². The summed E-state index contributed by atoms with van der Waals surface area (Å²) in [5, 5.41) is 0.498. The van der Waals surface area contributed by atoms with Gasteiger partial charge in [0.15, 0.2) is 0 Å². The molecule has 106 valence electrons. The molecule has 0 spiro atoms. The maximum atomic E-state index is 6.10. The molecule has 0 atom stereocenters. The van der Waals surface area contributed by atoms with Gasteiger partial charge >= 0.3 is 0 Å². The molecule has 3 nitrogen and oxygen atoms in total. The van der Waals surface area contributed by atoms with Gasteiger partial charge in [-0.25, -0.2) is 9.97 Å². The van der Waals surface area contributed by atoms with Crippen molar-refractivity contribution in [2.24, 2.45) is 5.92 Å². The molecule has 1 heterocycles. The Balaban J connectivity index is 2.22. The van der Waals surface area contributed by atoms with Crippen molar-refractivity contribution < 1.29 is 0 Å². The Hall–Kier alpha value is -0.350. The lowest BCUT2D eigenvalue weighted by Crippen LogP contribution is -2.35. The zero-order valence-corrected chi connectivity index (χ0v) is 13.9. The normalized spacial score (nSPS) is 16.3. The first kappa shape index (κ1) is 15.0. The van der Waals surface area contributed by atoms with Crippen molar-refractivity contribution in [1.29, 1.82) is 0 Å². The van der Waals surface area contributed by atoms with Crippen molar-refractivity contribution in [2.75, 3.05) is 11.4 Å². The van der Waals surface area contributed by atoms with Crippen LogP contribution in [0.15, 0.2) is 10.8 Å². The third kappa shape index (κ3) is 3.82. The highest BCUT2D eigenvalue weighted by Crippen LogP contribution is 2.34. The zero-order valence-electron chi connectivity index (χ0n) is 11.6. The van der Waals surface area contributed by atoms with E-state index < -0.39 is 0 Å². The molecular formula is C14H21BrClN3. The molecule has 19 heavy (non-hydrogen) atoms. The van der Waals surface area contributed by atoms with Gasteiger partial charge in [0, 0.05) is 12.6 Å². The van der Waals surface area contributed by atoms with Crippen molar-refractivity contribution in [1.82, 2.24) is 9.97 Å². The third-order valence-electron chi connectivity index (χ3n) is 3.71. The summed E-state index contributed by atoms with van der Waals surface area (Å²) in [7, 11) is 0. The maximum absolute atomic E-state index is 6.10. The van der Waals surface area contributed by atoms with Crippen molar-refractivity contribution in [3.05, 3.63) is 16.0 Å². The lowest BCUT2D eigenvalue weighted by atomic mass is 10.1. The minimum Gasteiger partial charge on any atom is -0.353 e. The Labute approximate surface area is 128 Å². The van der Waals surface area contributed by atoms with Gasteiger partial charge < -0.3 is 4.90 Å². The Morgan fingerprint density at radius 2 is 2.05 bits per heavy atom. The fourth-order valence-electron chi connectivity index (χ4n) is 2.61. The average molecular weight is 347 g/mol. The van der Waals surface area contributed by atoms with Gasteiger partial charge in [-0.2, -0.15) is 0 Å². The van der Waals surface area contributed by atoms with Crippen molar-refractivity contribution in [3.63, 3.8) is 0 Å². The summed E-state index contributed by atoms with van der Waals surface area (Å²) >= 11 is 9.64. The predicted molar refractivity (Wildman–Crippen MR) is 83.8 cm³/mol. The van der Waals surface area contributed by atoms with E-state index in [4.69, 9.17) is 11.6 Å². The smallest absolute Gasteiger partial charge is 0.148 e. The molecule has 0 unspecified atom stereocenters. The van der Waals surface area contributed by atoms with Gasteiger partial charge in [-0.05, 0) is 41.1 Å². The summed E-state index contributed by atoms with van der Waals surface area (Å²) in [4.78, 5) is 10.9. The van der Waals surface area contributed by atoms with Gasteiger partial charge in [0.05, 0.1) is 4.47 Å². The van der Waals surface area contributed by atoms with Crippen LogP contribution in [0.25, 0.3) is 0 Å². The second-order valence-electron chi connectivity index (χ2n) is 5.62. The SMILES string of the molecule is CC(C)CCN(c1ncnc(Cl)c1Br)C1CCCC1. The van der Waals surface area contributed by atoms with E-state index in [-0.39, 0.29) is 0 Å². The van der Waals surface area contributed by atoms with E-state index in [1.165, 1.54) is 32.1 Å². The number of anilines is 1. The van der Waals surface area contributed by atoms with Gasteiger partial charge in [0.25, 0.3) is 0 Å². The topological polar surface area (TPSA) is 29.0 Å². The molecule has 1 saturated carbocycles. The zero-order chi connectivity index (χ0) is 13.8. The number of halogens is 2. The number of aromatic nitrogens is 2. The van der Waals surface area contributed by atoms with E-state index >= 15 is 0 Å². The molecule has 0 saturated heterocycles. The highest BCUT2D eigenvalue weighted by molar-refractivity contribution is 9.10. The monoisotopic (exact) mass is 345 g/mol. The summed E-state index contributed by atoms with van der Waals surface area (Å²) < 4.78 is 0.826. The lowest BCUT2D eigenvalue weighted by molar-refractivity contribution is 0.524. The molecular weight excluding hydrogens is 326 g/mol. The molecule has 0 bridgehead atoms. The molecule has 1 aliphatic carbocycles. The van der Waals surface area contributed by atoms with E-state index in [0.717, 1.165) is 16.8 Å². The quantitative estimate of drug-likeness (QED) is 0.724. The van der Waals surface area contributed by atoms with Crippen molar-refractivity contribution in [2.45, 2.75) is 52.0 Å². The van der Waals surface area contributed by atoms with Crippen LogP contribution < -0.4 is 4.90 Å². The molecule has 1 fully saturated rings. The summed E-state index contributed by atoms with van der Waals surface area (Å²) in [6.07, 6.45) is 7.88. The number of rotatable bonds is 5. The minimum absolute atomic E-state index is 0.498. The van der Waals surface area contributed by atoms with Crippen LogP contribution in [0.1, 0.15) is 46.0 Å². The van der Waals surface area contributed by atoms with Crippen LogP contribution in [0.4, 0.5) is 5.82 Å². The molecule has 1 aromatic heterocycles. The fraction of sp³-hybridized carbons (Fsp3) is 0.714. The third-order valence-corrected chi connectivity index (χ3v) is 4.96. The fourth-order valence-corrected chi connectivity index (χ4v) is 3.18. The molecule has 0 N–H and O–H groups in total. The van der Waals surface area contributed by atoms with Crippen LogP contribution in [-0.2, 0) is 0 Å². The first-order chi connectivity index (χ1) is 9.09. The van der Waals surface area contributed by atoms with Crippen LogP contribution >= 0.6 is 27.5 Å². The van der Waals surface area contributed by atoms with Gasteiger partial charge in [-0.3, -0.25) is 0 Å². The summed E-state index contributed by atoms with van der Waals surface area (Å²) in [5.41, 5.74) is 0. The van der Waals surface area contributed by atoms with E-state index in [1.807, 2.05) is 0 Å². The molecule has 0 radical (unpaired) electrons. The van der Waals surface area contributed by atoms with Crippen LogP contribution in [0.5, 0.6) is 0 Å². The molecule has 5 heteroatoms. The number of hydrogen-bond acceptors (Lipinski definition) is 3. The van der Waals surface area contributed by atoms with Crippen LogP contribution in [0.3, 0.4) is 0 Å². The van der Waals surface area contributed by atoms with Gasteiger partial charge in [-0.15, -0.1) is 0 Å². The minimum atomic E-state index is 0.498. The first-order valence-electron chi connectivity index (χ1n) is 7.02. The van der Waals surface area contributed by atoms with Gasteiger partial charge in [0.2, 0.25) is 0 Å². The van der Waals surface area contributed by atoms with E-state index in [2.05, 4.69) is 44.6 Å². The van der Waals surface area contributed by atoms with Crippen LogP contribution in [0.2, 0.25) is 5.15 Å². The molecule has 0 amide bonds. The first-order valence-corrected chi connectivity index (χ1v) is 8.19. The Bertz CT molecular complexity index is 419. The molecule has 1 aliphatic rings. The number of hydrogen-bond donors (Lipinski definition) is 0. The lowest BCUT2D eigenvalue weighted by Gasteiger charge is -2.31. The highest BCUT2D eigenvalue weighted by atomic mass is 79.9. The van der Waals surface area contributed by atoms with E-state index in [1.54, 1.807) is 6.33 Å². The predicted octanol–water partition coefficient (Wildman–Crippen LogP) is 4.69. The average Bonchev–Trinajstić information content (AvgIpc) is 2.88. The summed E-state index contributed by atoms with van der Waals surface area (Å²) in [6.45, 7) is 5.55. The second-order valence-corrected chi connectivity index (χ2v) is 6.77. The van der Waals surface area contributed by atoms with Crippen molar-refractivity contribution >= 4 is 33.3 Å². The molecule has 2 rings (SSSR count). The Morgan fingerprint density at radius 1 is 1.37 bits per heavy atom. The highest BCUT2D eigenvalue weighted by Gasteiger charge is 2.26. The summed E-state index contributed by atoms with van der Waals surface area (Å²) in [5.74, 6) is 1.65. The molecule has 0 aliphatic heterocycles. The Morgan fingerprint density at radius 3 is 2.68 bits per heavy atom. The molecule has 0 aromatic carbocycles. The van der Waals surface area contributed by atoms with Gasteiger partial charge in [0.1, 0.15) is 17.3 Å². The van der Waals surface area contributed by atoms with E-state index in [9.17, 15) is 0 Å².